The van der Waals surface area contributed by atoms with E-state index in [0.29, 0.717) is 11.5 Å². The van der Waals surface area contributed by atoms with Crippen LogP contribution >= 0.6 is 0 Å². The Morgan fingerprint density at radius 1 is 0.947 bits per heavy atom. The molecule has 0 amide bonds. The van der Waals surface area contributed by atoms with Gasteiger partial charge in [-0.25, -0.2) is 0 Å². The summed E-state index contributed by atoms with van der Waals surface area (Å²) in [6.45, 7) is 0. The molecule has 3 nitrogen and oxygen atoms in total. The number of hydrogen-bond donors (Lipinski definition) is 0. The Hall–Kier alpha value is -2.57. The van der Waals surface area contributed by atoms with Gasteiger partial charge in [-0.3, -0.25) is 0 Å². The SMILES string of the molecule is N#CC(C#N)=C(C#N)C1CCC(c2ccccc2)C1. The van der Waals surface area contributed by atoms with Crippen LogP contribution in [0.4, 0.5) is 0 Å². The average Bonchev–Trinajstić information content (AvgIpc) is 2.95. The number of hydrogen-bond acceptors (Lipinski definition) is 3. The van der Waals surface area contributed by atoms with E-state index in [1.807, 2.05) is 30.3 Å². The Balaban J connectivity index is 2.20. The Labute approximate surface area is 113 Å². The zero-order valence-electron chi connectivity index (χ0n) is 10.5. The van der Waals surface area contributed by atoms with Crippen molar-refractivity contribution in [3.8, 4) is 18.2 Å². The second kappa shape index (κ2) is 5.85. The minimum absolute atomic E-state index is 0.0267. The maximum Gasteiger partial charge on any atom is 0.143 e. The molecule has 2 atom stereocenters. The summed E-state index contributed by atoms with van der Waals surface area (Å²) in [5, 5.41) is 26.9. The second-order valence-corrected chi connectivity index (χ2v) is 4.74. The van der Waals surface area contributed by atoms with Gasteiger partial charge in [0.15, 0.2) is 0 Å². The van der Waals surface area contributed by atoms with Gasteiger partial charge in [-0.15, -0.1) is 0 Å². The average molecular weight is 247 g/mol. The van der Waals surface area contributed by atoms with E-state index in [1.165, 1.54) is 5.56 Å². The standard InChI is InChI=1S/C16H13N3/c17-9-15(10-18)16(11-19)14-7-6-13(8-14)12-4-2-1-3-5-12/h1-5,13-14H,6-8H2. The van der Waals surface area contributed by atoms with E-state index >= 15 is 0 Å². The molecule has 1 aliphatic carbocycles. The summed E-state index contributed by atoms with van der Waals surface area (Å²) in [5.74, 6) is 0.470. The molecule has 2 rings (SSSR count). The molecule has 0 saturated heterocycles. The van der Waals surface area contributed by atoms with Crippen LogP contribution < -0.4 is 0 Å². The van der Waals surface area contributed by atoms with Crippen LogP contribution in [0, 0.1) is 39.9 Å². The summed E-state index contributed by atoms with van der Waals surface area (Å²) < 4.78 is 0. The molecule has 19 heavy (non-hydrogen) atoms. The van der Waals surface area contributed by atoms with Crippen LogP contribution in [0.3, 0.4) is 0 Å². The van der Waals surface area contributed by atoms with Gasteiger partial charge >= 0.3 is 0 Å². The lowest BCUT2D eigenvalue weighted by Crippen LogP contribution is -2.01. The fourth-order valence-corrected chi connectivity index (χ4v) is 2.77. The smallest absolute Gasteiger partial charge is 0.143 e. The van der Waals surface area contributed by atoms with Gasteiger partial charge in [-0.2, -0.15) is 15.8 Å². The number of nitrogens with zero attached hydrogens (tertiary/aromatic N) is 3. The first kappa shape index (κ1) is 12.9. The Kier molecular flexibility index (Phi) is 3.97. The lowest BCUT2D eigenvalue weighted by Gasteiger charge is -2.11. The van der Waals surface area contributed by atoms with Gasteiger partial charge in [0.25, 0.3) is 0 Å². The van der Waals surface area contributed by atoms with E-state index in [9.17, 15) is 0 Å². The minimum Gasteiger partial charge on any atom is -0.193 e. The van der Waals surface area contributed by atoms with Crippen LogP contribution in [0.2, 0.25) is 0 Å². The monoisotopic (exact) mass is 247 g/mol. The first-order valence-corrected chi connectivity index (χ1v) is 6.29. The third-order valence-electron chi connectivity index (χ3n) is 3.73. The lowest BCUT2D eigenvalue weighted by molar-refractivity contribution is 0.637. The molecule has 1 aliphatic rings. The summed E-state index contributed by atoms with van der Waals surface area (Å²) >= 11 is 0. The Morgan fingerprint density at radius 3 is 2.21 bits per heavy atom. The van der Waals surface area contributed by atoms with Crippen LogP contribution in [0.1, 0.15) is 30.7 Å². The minimum atomic E-state index is -0.0267. The summed E-state index contributed by atoms with van der Waals surface area (Å²) in [6.07, 6.45) is 2.72. The van der Waals surface area contributed by atoms with Crippen molar-refractivity contribution < 1.29 is 0 Å². The highest BCUT2D eigenvalue weighted by Crippen LogP contribution is 2.41. The highest BCUT2D eigenvalue weighted by Gasteiger charge is 2.30. The van der Waals surface area contributed by atoms with E-state index in [1.54, 1.807) is 0 Å². The van der Waals surface area contributed by atoms with E-state index in [-0.39, 0.29) is 11.5 Å². The molecule has 0 bridgehead atoms. The molecule has 3 heteroatoms. The van der Waals surface area contributed by atoms with Gasteiger partial charge in [-0.1, -0.05) is 30.3 Å². The second-order valence-electron chi connectivity index (χ2n) is 4.74. The van der Waals surface area contributed by atoms with Crippen molar-refractivity contribution in [3.05, 3.63) is 47.0 Å². The Morgan fingerprint density at radius 2 is 1.63 bits per heavy atom. The lowest BCUT2D eigenvalue weighted by atomic mass is 9.91. The van der Waals surface area contributed by atoms with Crippen molar-refractivity contribution in [1.82, 2.24) is 0 Å². The van der Waals surface area contributed by atoms with Crippen LogP contribution in [0.15, 0.2) is 41.5 Å². The molecule has 0 aromatic heterocycles. The van der Waals surface area contributed by atoms with Crippen molar-refractivity contribution in [3.63, 3.8) is 0 Å². The molecule has 0 spiro atoms. The van der Waals surface area contributed by atoms with Gasteiger partial charge in [0, 0.05) is 0 Å². The normalized spacial score (nSPS) is 20.9. The molecule has 1 fully saturated rings. The summed E-state index contributed by atoms with van der Waals surface area (Å²) in [6, 6.07) is 15.9. The molecule has 0 N–H and O–H groups in total. The zero-order valence-corrected chi connectivity index (χ0v) is 10.5. The van der Waals surface area contributed by atoms with E-state index in [4.69, 9.17) is 15.8 Å². The highest BCUT2D eigenvalue weighted by molar-refractivity contribution is 5.47. The molecule has 0 aliphatic heterocycles. The quantitative estimate of drug-likeness (QED) is 0.751. The largest absolute Gasteiger partial charge is 0.193 e. The maximum atomic E-state index is 9.17. The predicted molar refractivity (Wildman–Crippen MR) is 70.4 cm³/mol. The number of allylic oxidation sites excluding steroid dienone is 2. The third kappa shape index (κ3) is 2.65. The van der Waals surface area contributed by atoms with E-state index in [0.717, 1.165) is 19.3 Å². The molecule has 1 aromatic carbocycles. The first-order chi connectivity index (χ1) is 9.30. The van der Waals surface area contributed by atoms with Crippen molar-refractivity contribution in [1.29, 1.82) is 15.8 Å². The van der Waals surface area contributed by atoms with Crippen LogP contribution in [-0.2, 0) is 0 Å². The summed E-state index contributed by atoms with van der Waals surface area (Å²) in [7, 11) is 0. The zero-order chi connectivity index (χ0) is 13.7. The molecule has 92 valence electrons. The van der Waals surface area contributed by atoms with Gasteiger partial charge in [-0.05, 0) is 36.7 Å². The molecular formula is C16H13N3. The van der Waals surface area contributed by atoms with E-state index in [2.05, 4.69) is 18.2 Å². The summed E-state index contributed by atoms with van der Waals surface area (Å²) in [5.41, 5.74) is 1.61. The number of nitriles is 3. The first-order valence-electron chi connectivity index (χ1n) is 6.29. The van der Waals surface area contributed by atoms with Crippen molar-refractivity contribution in [2.24, 2.45) is 5.92 Å². The molecule has 1 saturated carbocycles. The van der Waals surface area contributed by atoms with Crippen molar-refractivity contribution in [2.45, 2.75) is 25.2 Å². The highest BCUT2D eigenvalue weighted by atomic mass is 14.4. The fourth-order valence-electron chi connectivity index (χ4n) is 2.77. The van der Waals surface area contributed by atoms with Gasteiger partial charge in [0.1, 0.15) is 17.7 Å². The third-order valence-corrected chi connectivity index (χ3v) is 3.73. The molecule has 2 unspecified atom stereocenters. The van der Waals surface area contributed by atoms with Crippen molar-refractivity contribution >= 4 is 0 Å². The van der Waals surface area contributed by atoms with Crippen LogP contribution in [0.25, 0.3) is 0 Å². The predicted octanol–water partition coefficient (Wildman–Crippen LogP) is 3.44. The molecule has 0 radical (unpaired) electrons. The maximum absolute atomic E-state index is 9.17. The summed E-state index contributed by atoms with van der Waals surface area (Å²) in [4.78, 5) is 0. The Bertz CT molecular complexity index is 592. The number of rotatable bonds is 2. The fraction of sp³-hybridized carbons (Fsp3) is 0.312. The topological polar surface area (TPSA) is 71.4 Å². The van der Waals surface area contributed by atoms with Gasteiger partial charge < -0.3 is 0 Å². The molecular weight excluding hydrogens is 234 g/mol. The van der Waals surface area contributed by atoms with Gasteiger partial charge in [0.05, 0.1) is 11.6 Å². The van der Waals surface area contributed by atoms with E-state index < -0.39 is 0 Å². The van der Waals surface area contributed by atoms with Crippen LogP contribution in [0.5, 0.6) is 0 Å². The molecule has 0 heterocycles. The van der Waals surface area contributed by atoms with Gasteiger partial charge in [0.2, 0.25) is 0 Å². The number of benzene rings is 1. The van der Waals surface area contributed by atoms with Crippen molar-refractivity contribution in [2.75, 3.05) is 0 Å². The van der Waals surface area contributed by atoms with Crippen LogP contribution in [-0.4, -0.2) is 0 Å². The molecule has 1 aromatic rings.